The predicted molar refractivity (Wildman–Crippen MR) is 82.0 cm³/mol. The SMILES string of the molecule is CCCC1(C(=O)O)CCN(C(=O)CC2=CCCCC2)CC1. The maximum atomic E-state index is 12.3. The smallest absolute Gasteiger partial charge is 0.309 e. The first-order valence-electron chi connectivity index (χ1n) is 8.26. The number of nitrogens with zero attached hydrogens (tertiary/aromatic N) is 1. The minimum Gasteiger partial charge on any atom is -0.481 e. The lowest BCUT2D eigenvalue weighted by molar-refractivity contribution is -0.155. The van der Waals surface area contributed by atoms with Crippen molar-refractivity contribution in [3.63, 3.8) is 0 Å². The molecule has 1 fully saturated rings. The number of carbonyl (C=O) groups is 2. The maximum absolute atomic E-state index is 12.3. The lowest BCUT2D eigenvalue weighted by Gasteiger charge is -2.39. The van der Waals surface area contributed by atoms with Gasteiger partial charge in [-0.2, -0.15) is 0 Å². The number of aliphatic carboxylic acids is 1. The molecule has 0 aromatic carbocycles. The van der Waals surface area contributed by atoms with Crippen molar-refractivity contribution < 1.29 is 14.7 Å². The van der Waals surface area contributed by atoms with E-state index >= 15 is 0 Å². The van der Waals surface area contributed by atoms with Crippen molar-refractivity contribution in [3.05, 3.63) is 11.6 Å². The van der Waals surface area contributed by atoms with Crippen LogP contribution >= 0.6 is 0 Å². The van der Waals surface area contributed by atoms with Crippen LogP contribution in [0, 0.1) is 5.41 Å². The molecule has 0 unspecified atom stereocenters. The second-order valence-corrected chi connectivity index (χ2v) is 6.50. The van der Waals surface area contributed by atoms with Crippen LogP contribution in [-0.2, 0) is 9.59 Å². The Hall–Kier alpha value is -1.32. The van der Waals surface area contributed by atoms with E-state index in [9.17, 15) is 14.7 Å². The number of rotatable bonds is 5. The molecule has 1 heterocycles. The van der Waals surface area contributed by atoms with E-state index in [1.54, 1.807) is 0 Å². The Labute approximate surface area is 127 Å². The topological polar surface area (TPSA) is 57.6 Å². The molecule has 2 rings (SSSR count). The Morgan fingerprint density at radius 1 is 1.29 bits per heavy atom. The number of allylic oxidation sites excluding steroid dienone is 1. The van der Waals surface area contributed by atoms with Gasteiger partial charge in [0.25, 0.3) is 0 Å². The van der Waals surface area contributed by atoms with Gasteiger partial charge < -0.3 is 10.0 Å². The monoisotopic (exact) mass is 293 g/mol. The van der Waals surface area contributed by atoms with Crippen LogP contribution in [0.15, 0.2) is 11.6 Å². The minimum atomic E-state index is -0.688. The first-order valence-corrected chi connectivity index (χ1v) is 8.26. The summed E-state index contributed by atoms with van der Waals surface area (Å²) in [6.07, 6.45) is 10.1. The fourth-order valence-corrected chi connectivity index (χ4v) is 3.60. The van der Waals surface area contributed by atoms with E-state index in [1.165, 1.54) is 18.4 Å². The summed E-state index contributed by atoms with van der Waals surface area (Å²) in [6, 6.07) is 0. The molecule has 0 saturated carbocycles. The Morgan fingerprint density at radius 2 is 2.00 bits per heavy atom. The summed E-state index contributed by atoms with van der Waals surface area (Å²) in [6.45, 7) is 3.22. The maximum Gasteiger partial charge on any atom is 0.309 e. The standard InChI is InChI=1S/C17H27NO3/c1-2-8-17(16(20)21)9-11-18(12-10-17)15(19)13-14-6-4-3-5-7-14/h6H,2-5,7-13H2,1H3,(H,20,21). The van der Waals surface area contributed by atoms with Crippen LogP contribution in [0.25, 0.3) is 0 Å². The van der Waals surface area contributed by atoms with Gasteiger partial charge in [0.1, 0.15) is 0 Å². The summed E-state index contributed by atoms with van der Waals surface area (Å²) in [5.41, 5.74) is 0.671. The van der Waals surface area contributed by atoms with Crippen LogP contribution in [0.5, 0.6) is 0 Å². The molecule has 4 heteroatoms. The summed E-state index contributed by atoms with van der Waals surface area (Å²) in [4.78, 5) is 25.8. The third kappa shape index (κ3) is 3.86. The lowest BCUT2D eigenvalue weighted by atomic mass is 9.75. The van der Waals surface area contributed by atoms with Gasteiger partial charge in [-0.05, 0) is 44.9 Å². The number of carboxylic acids is 1. The van der Waals surface area contributed by atoms with Gasteiger partial charge in [-0.15, -0.1) is 0 Å². The first kappa shape index (κ1) is 16.1. The summed E-state index contributed by atoms with van der Waals surface area (Å²) in [5.74, 6) is -0.509. The van der Waals surface area contributed by atoms with Gasteiger partial charge >= 0.3 is 5.97 Å². The molecule has 118 valence electrons. The number of carbonyl (C=O) groups excluding carboxylic acids is 1. The molecule has 0 atom stereocenters. The predicted octanol–water partition coefficient (Wildman–Crippen LogP) is 3.37. The second kappa shape index (κ2) is 7.10. The van der Waals surface area contributed by atoms with Gasteiger partial charge in [0, 0.05) is 19.5 Å². The van der Waals surface area contributed by atoms with Crippen molar-refractivity contribution >= 4 is 11.9 Å². The fourth-order valence-electron chi connectivity index (χ4n) is 3.60. The molecule has 1 amide bonds. The fraction of sp³-hybridized carbons (Fsp3) is 0.765. The molecule has 0 aromatic rings. The summed E-state index contributed by atoms with van der Waals surface area (Å²) in [7, 11) is 0. The van der Waals surface area contributed by atoms with Gasteiger partial charge in [-0.3, -0.25) is 9.59 Å². The summed E-state index contributed by atoms with van der Waals surface area (Å²) < 4.78 is 0. The molecule has 1 aliphatic heterocycles. The average Bonchev–Trinajstić information content (AvgIpc) is 2.49. The molecule has 1 N–H and O–H groups in total. The highest BCUT2D eigenvalue weighted by atomic mass is 16.4. The Balaban J connectivity index is 1.89. The van der Waals surface area contributed by atoms with E-state index in [1.807, 2.05) is 11.8 Å². The summed E-state index contributed by atoms with van der Waals surface area (Å²) >= 11 is 0. The molecular weight excluding hydrogens is 266 g/mol. The first-order chi connectivity index (χ1) is 10.1. The molecule has 0 spiro atoms. The van der Waals surface area contributed by atoms with Crippen LogP contribution in [-0.4, -0.2) is 35.0 Å². The largest absolute Gasteiger partial charge is 0.481 e. The molecular formula is C17H27NO3. The molecule has 1 aliphatic carbocycles. The highest BCUT2D eigenvalue weighted by Crippen LogP contribution is 2.37. The molecule has 1 saturated heterocycles. The van der Waals surface area contributed by atoms with E-state index < -0.39 is 11.4 Å². The van der Waals surface area contributed by atoms with Crippen LogP contribution in [0.2, 0.25) is 0 Å². The van der Waals surface area contributed by atoms with Gasteiger partial charge in [0.05, 0.1) is 5.41 Å². The summed E-state index contributed by atoms with van der Waals surface area (Å²) in [5, 5.41) is 9.49. The number of piperidine rings is 1. The van der Waals surface area contributed by atoms with E-state index in [0.29, 0.717) is 32.4 Å². The van der Waals surface area contributed by atoms with Gasteiger partial charge in [0.15, 0.2) is 0 Å². The van der Waals surface area contributed by atoms with Gasteiger partial charge in [-0.25, -0.2) is 0 Å². The minimum absolute atomic E-state index is 0.179. The third-order valence-electron chi connectivity index (χ3n) is 5.02. The second-order valence-electron chi connectivity index (χ2n) is 6.50. The van der Waals surface area contributed by atoms with Crippen molar-refractivity contribution in [3.8, 4) is 0 Å². The normalized spacial score (nSPS) is 21.8. The molecule has 0 radical (unpaired) electrons. The van der Waals surface area contributed by atoms with Crippen LogP contribution in [0.3, 0.4) is 0 Å². The lowest BCUT2D eigenvalue weighted by Crippen LogP contribution is -2.46. The van der Waals surface area contributed by atoms with Crippen LogP contribution in [0.1, 0.15) is 64.7 Å². The quantitative estimate of drug-likeness (QED) is 0.791. The Kier molecular flexibility index (Phi) is 5.43. The molecule has 21 heavy (non-hydrogen) atoms. The zero-order valence-corrected chi connectivity index (χ0v) is 13.1. The van der Waals surface area contributed by atoms with Crippen molar-refractivity contribution in [2.24, 2.45) is 5.41 Å². The molecule has 0 aromatic heterocycles. The molecule has 2 aliphatic rings. The number of likely N-dealkylation sites (tertiary alicyclic amines) is 1. The third-order valence-corrected chi connectivity index (χ3v) is 5.02. The van der Waals surface area contributed by atoms with Crippen molar-refractivity contribution in [1.29, 1.82) is 0 Å². The van der Waals surface area contributed by atoms with Crippen molar-refractivity contribution in [2.45, 2.75) is 64.7 Å². The Morgan fingerprint density at radius 3 is 2.52 bits per heavy atom. The highest BCUT2D eigenvalue weighted by Gasteiger charge is 2.41. The number of hydrogen-bond acceptors (Lipinski definition) is 2. The number of amides is 1. The highest BCUT2D eigenvalue weighted by molar-refractivity contribution is 5.80. The van der Waals surface area contributed by atoms with E-state index in [-0.39, 0.29) is 5.91 Å². The van der Waals surface area contributed by atoms with Crippen LogP contribution < -0.4 is 0 Å². The number of hydrogen-bond donors (Lipinski definition) is 1. The average molecular weight is 293 g/mol. The van der Waals surface area contributed by atoms with E-state index in [4.69, 9.17) is 0 Å². The Bertz CT molecular complexity index is 420. The van der Waals surface area contributed by atoms with Crippen molar-refractivity contribution in [2.75, 3.05) is 13.1 Å². The van der Waals surface area contributed by atoms with Crippen LogP contribution in [0.4, 0.5) is 0 Å². The van der Waals surface area contributed by atoms with Crippen molar-refractivity contribution in [1.82, 2.24) is 4.90 Å². The zero-order valence-electron chi connectivity index (χ0n) is 13.1. The van der Waals surface area contributed by atoms with Gasteiger partial charge in [0.2, 0.25) is 5.91 Å². The molecule has 0 bridgehead atoms. The van der Waals surface area contributed by atoms with E-state index in [2.05, 4.69) is 6.08 Å². The zero-order chi connectivity index (χ0) is 15.3. The molecule has 4 nitrogen and oxygen atoms in total. The van der Waals surface area contributed by atoms with Gasteiger partial charge in [-0.1, -0.05) is 25.0 Å². The van der Waals surface area contributed by atoms with E-state index in [0.717, 1.165) is 25.7 Å². The number of carboxylic acid groups (broad SMARTS) is 1.